The molecule has 102 valence electrons. The van der Waals surface area contributed by atoms with Crippen LogP contribution in [0.4, 0.5) is 0 Å². The van der Waals surface area contributed by atoms with Gasteiger partial charge >= 0.3 is 0 Å². The van der Waals surface area contributed by atoms with Crippen LogP contribution in [0.3, 0.4) is 0 Å². The molecule has 0 aliphatic rings. The highest BCUT2D eigenvalue weighted by Crippen LogP contribution is 2.20. The van der Waals surface area contributed by atoms with E-state index in [2.05, 4.69) is 36.1 Å². The summed E-state index contributed by atoms with van der Waals surface area (Å²) in [6.07, 6.45) is 0. The molecule has 1 N–H and O–H groups in total. The Labute approximate surface area is 114 Å². The third kappa shape index (κ3) is 3.94. The van der Waals surface area contributed by atoms with Crippen molar-refractivity contribution in [2.75, 3.05) is 32.8 Å². The summed E-state index contributed by atoms with van der Waals surface area (Å²) in [4.78, 5) is 2.17. The molecule has 0 aliphatic carbocycles. The minimum absolute atomic E-state index is 0.198. The van der Waals surface area contributed by atoms with E-state index in [9.17, 15) is 0 Å². The standard InChI is InChI=1S/C16H21NO2/c1-2-17(9-11-18)10-12-19-16-8-7-14-5-3-4-6-15(14)13-16/h3-8,13,18H,2,9-12H2,1H3. The molecular formula is C16H21NO2. The summed E-state index contributed by atoms with van der Waals surface area (Å²) in [6, 6.07) is 14.4. The van der Waals surface area contributed by atoms with Gasteiger partial charge in [0.15, 0.2) is 0 Å². The molecule has 0 fully saturated rings. The Balaban J connectivity index is 1.90. The van der Waals surface area contributed by atoms with E-state index in [1.54, 1.807) is 0 Å². The summed E-state index contributed by atoms with van der Waals surface area (Å²) < 4.78 is 5.77. The minimum atomic E-state index is 0.198. The number of hydrogen-bond donors (Lipinski definition) is 1. The second-order valence-corrected chi connectivity index (χ2v) is 4.52. The molecule has 0 aromatic heterocycles. The van der Waals surface area contributed by atoms with Crippen molar-refractivity contribution in [2.24, 2.45) is 0 Å². The molecule has 0 saturated heterocycles. The molecule has 0 amide bonds. The van der Waals surface area contributed by atoms with E-state index < -0.39 is 0 Å². The number of nitrogens with zero attached hydrogens (tertiary/aromatic N) is 1. The van der Waals surface area contributed by atoms with Crippen LogP contribution in [0.15, 0.2) is 42.5 Å². The van der Waals surface area contributed by atoms with Gasteiger partial charge in [0.25, 0.3) is 0 Å². The lowest BCUT2D eigenvalue weighted by molar-refractivity contribution is 0.174. The van der Waals surface area contributed by atoms with Crippen LogP contribution < -0.4 is 4.74 Å². The SMILES string of the molecule is CCN(CCO)CCOc1ccc2ccccc2c1. The fraction of sp³-hybridized carbons (Fsp3) is 0.375. The maximum absolute atomic E-state index is 8.92. The number of rotatable bonds is 7. The van der Waals surface area contributed by atoms with E-state index in [1.165, 1.54) is 10.8 Å². The number of fused-ring (bicyclic) bond motifs is 1. The normalized spacial score (nSPS) is 11.1. The number of aliphatic hydroxyl groups excluding tert-OH is 1. The number of ether oxygens (including phenoxy) is 1. The maximum Gasteiger partial charge on any atom is 0.120 e. The molecule has 0 spiro atoms. The van der Waals surface area contributed by atoms with Crippen LogP contribution in [0.2, 0.25) is 0 Å². The summed E-state index contributed by atoms with van der Waals surface area (Å²) in [5, 5.41) is 11.3. The molecule has 3 nitrogen and oxygen atoms in total. The van der Waals surface area contributed by atoms with Gasteiger partial charge in [-0.2, -0.15) is 0 Å². The van der Waals surface area contributed by atoms with E-state index in [0.717, 1.165) is 18.8 Å². The van der Waals surface area contributed by atoms with Gasteiger partial charge in [0.1, 0.15) is 12.4 Å². The molecule has 0 heterocycles. The average molecular weight is 259 g/mol. The van der Waals surface area contributed by atoms with Crippen molar-refractivity contribution >= 4 is 10.8 Å². The highest BCUT2D eigenvalue weighted by atomic mass is 16.5. The number of likely N-dealkylation sites (N-methyl/N-ethyl adjacent to an activating group) is 1. The van der Waals surface area contributed by atoms with Gasteiger partial charge < -0.3 is 9.84 Å². The van der Waals surface area contributed by atoms with Crippen molar-refractivity contribution in [2.45, 2.75) is 6.92 Å². The summed E-state index contributed by atoms with van der Waals surface area (Å²) in [5.41, 5.74) is 0. The van der Waals surface area contributed by atoms with Crippen molar-refractivity contribution < 1.29 is 9.84 Å². The van der Waals surface area contributed by atoms with Crippen LogP contribution in [0.5, 0.6) is 5.75 Å². The van der Waals surface area contributed by atoms with Crippen molar-refractivity contribution in [3.05, 3.63) is 42.5 Å². The predicted octanol–water partition coefficient (Wildman–Crippen LogP) is 2.53. The minimum Gasteiger partial charge on any atom is -0.492 e. The molecule has 0 bridgehead atoms. The molecule has 2 aromatic rings. The molecule has 0 radical (unpaired) electrons. The maximum atomic E-state index is 8.92. The first-order valence-electron chi connectivity index (χ1n) is 6.78. The van der Waals surface area contributed by atoms with Gasteiger partial charge in [0.05, 0.1) is 6.61 Å². The molecule has 0 unspecified atom stereocenters. The largest absolute Gasteiger partial charge is 0.492 e. The smallest absolute Gasteiger partial charge is 0.120 e. The van der Waals surface area contributed by atoms with Gasteiger partial charge in [-0.1, -0.05) is 37.3 Å². The van der Waals surface area contributed by atoms with Gasteiger partial charge in [-0.15, -0.1) is 0 Å². The summed E-state index contributed by atoms with van der Waals surface area (Å²) in [5.74, 6) is 0.902. The predicted molar refractivity (Wildman–Crippen MR) is 78.6 cm³/mol. The molecular weight excluding hydrogens is 238 g/mol. The highest BCUT2D eigenvalue weighted by molar-refractivity contribution is 5.83. The fourth-order valence-corrected chi connectivity index (χ4v) is 2.12. The van der Waals surface area contributed by atoms with Crippen LogP contribution in [0, 0.1) is 0 Å². The Morgan fingerprint density at radius 1 is 1.05 bits per heavy atom. The van der Waals surface area contributed by atoms with E-state index in [4.69, 9.17) is 9.84 Å². The quantitative estimate of drug-likeness (QED) is 0.829. The van der Waals surface area contributed by atoms with Crippen molar-refractivity contribution in [3.63, 3.8) is 0 Å². The van der Waals surface area contributed by atoms with E-state index in [1.807, 2.05) is 18.2 Å². The van der Waals surface area contributed by atoms with Gasteiger partial charge in [-0.05, 0) is 29.4 Å². The van der Waals surface area contributed by atoms with Crippen molar-refractivity contribution in [1.82, 2.24) is 4.90 Å². The Morgan fingerprint density at radius 3 is 2.58 bits per heavy atom. The first-order valence-corrected chi connectivity index (χ1v) is 6.78. The van der Waals surface area contributed by atoms with Crippen molar-refractivity contribution in [1.29, 1.82) is 0 Å². The van der Waals surface area contributed by atoms with Gasteiger partial charge in [-0.25, -0.2) is 0 Å². The van der Waals surface area contributed by atoms with Crippen LogP contribution in [-0.2, 0) is 0 Å². The summed E-state index contributed by atoms with van der Waals surface area (Å²) in [6.45, 7) is 5.41. The zero-order valence-corrected chi connectivity index (χ0v) is 11.4. The Kier molecular flexibility index (Phi) is 5.19. The molecule has 0 atom stereocenters. The van der Waals surface area contributed by atoms with Gasteiger partial charge in [0.2, 0.25) is 0 Å². The molecule has 2 rings (SSSR count). The Morgan fingerprint density at radius 2 is 1.84 bits per heavy atom. The molecule has 3 heteroatoms. The van der Waals surface area contributed by atoms with Crippen molar-refractivity contribution in [3.8, 4) is 5.75 Å². The first-order chi connectivity index (χ1) is 9.33. The van der Waals surface area contributed by atoms with Gasteiger partial charge in [0, 0.05) is 13.1 Å². The first kappa shape index (κ1) is 13.8. The monoisotopic (exact) mass is 259 g/mol. The van der Waals surface area contributed by atoms with Crippen LogP contribution >= 0.6 is 0 Å². The zero-order chi connectivity index (χ0) is 13.5. The lowest BCUT2D eigenvalue weighted by Crippen LogP contribution is -2.30. The molecule has 19 heavy (non-hydrogen) atoms. The zero-order valence-electron chi connectivity index (χ0n) is 11.4. The summed E-state index contributed by atoms with van der Waals surface area (Å²) in [7, 11) is 0. The summed E-state index contributed by atoms with van der Waals surface area (Å²) >= 11 is 0. The number of aliphatic hydroxyl groups is 1. The lowest BCUT2D eigenvalue weighted by Gasteiger charge is -2.19. The number of hydrogen-bond acceptors (Lipinski definition) is 3. The van der Waals surface area contributed by atoms with Gasteiger partial charge in [-0.3, -0.25) is 4.90 Å². The molecule has 2 aromatic carbocycles. The fourth-order valence-electron chi connectivity index (χ4n) is 2.12. The van der Waals surface area contributed by atoms with Crippen LogP contribution in [-0.4, -0.2) is 42.9 Å². The third-order valence-corrected chi connectivity index (χ3v) is 3.26. The number of benzene rings is 2. The topological polar surface area (TPSA) is 32.7 Å². The second kappa shape index (κ2) is 7.12. The Bertz CT molecular complexity index is 513. The lowest BCUT2D eigenvalue weighted by atomic mass is 10.1. The van der Waals surface area contributed by atoms with E-state index in [-0.39, 0.29) is 6.61 Å². The van der Waals surface area contributed by atoms with E-state index in [0.29, 0.717) is 13.2 Å². The Hall–Kier alpha value is -1.58. The van der Waals surface area contributed by atoms with Crippen LogP contribution in [0.25, 0.3) is 10.8 Å². The highest BCUT2D eigenvalue weighted by Gasteiger charge is 2.02. The third-order valence-electron chi connectivity index (χ3n) is 3.26. The molecule has 0 saturated carbocycles. The second-order valence-electron chi connectivity index (χ2n) is 4.52. The molecule has 0 aliphatic heterocycles. The van der Waals surface area contributed by atoms with Crippen LogP contribution in [0.1, 0.15) is 6.92 Å². The average Bonchev–Trinajstić information content (AvgIpc) is 2.46. The van der Waals surface area contributed by atoms with E-state index >= 15 is 0 Å².